The molecule has 0 atom stereocenters. The number of rotatable bonds is 2. The lowest BCUT2D eigenvalue weighted by Crippen LogP contribution is -2.10. The maximum atomic E-state index is 13.8. The van der Waals surface area contributed by atoms with Gasteiger partial charge in [0.1, 0.15) is 5.82 Å². The molecule has 21 heavy (non-hydrogen) atoms. The first-order valence-corrected chi connectivity index (χ1v) is 5.84. The van der Waals surface area contributed by atoms with Gasteiger partial charge in [0, 0.05) is 16.8 Å². The van der Waals surface area contributed by atoms with Gasteiger partial charge in [-0.2, -0.15) is 13.2 Å². The smallest absolute Gasteiger partial charge is 0.417 e. The Hall–Kier alpha value is -2.15. The molecule has 1 aromatic heterocycles. The third kappa shape index (κ3) is 3.13. The largest absolute Gasteiger partial charge is 0.478 e. The zero-order valence-corrected chi connectivity index (χ0v) is 10.8. The molecule has 0 aliphatic carbocycles. The molecule has 0 fully saturated rings. The predicted octanol–water partition coefficient (Wildman–Crippen LogP) is 4.26. The Morgan fingerprint density at radius 2 is 1.90 bits per heavy atom. The maximum absolute atomic E-state index is 13.8. The van der Waals surface area contributed by atoms with Crippen molar-refractivity contribution >= 4 is 17.6 Å². The van der Waals surface area contributed by atoms with Crippen molar-refractivity contribution in [2.24, 2.45) is 0 Å². The van der Waals surface area contributed by atoms with Gasteiger partial charge in [-0.05, 0) is 24.3 Å². The van der Waals surface area contributed by atoms with Crippen LogP contribution in [0.3, 0.4) is 0 Å². The summed E-state index contributed by atoms with van der Waals surface area (Å²) in [5.74, 6) is -2.52. The van der Waals surface area contributed by atoms with Gasteiger partial charge in [0.15, 0.2) is 0 Å². The van der Waals surface area contributed by atoms with E-state index in [0.29, 0.717) is 12.3 Å². The Morgan fingerprint density at radius 3 is 2.43 bits per heavy atom. The third-order valence-electron chi connectivity index (χ3n) is 2.63. The molecule has 2 rings (SSSR count). The number of benzene rings is 1. The molecular weight excluding hydrogens is 314 g/mol. The number of carboxylic acid groups (broad SMARTS) is 1. The van der Waals surface area contributed by atoms with Crippen LogP contribution < -0.4 is 0 Å². The molecule has 3 nitrogen and oxygen atoms in total. The molecule has 1 aromatic carbocycles. The number of carbonyl (C=O) groups is 1. The van der Waals surface area contributed by atoms with E-state index in [2.05, 4.69) is 4.98 Å². The molecular formula is C13H6ClF4NO2. The molecule has 0 radical (unpaired) electrons. The van der Waals surface area contributed by atoms with E-state index in [4.69, 9.17) is 16.7 Å². The molecule has 0 aliphatic rings. The van der Waals surface area contributed by atoms with Gasteiger partial charge in [0.05, 0.1) is 16.8 Å². The van der Waals surface area contributed by atoms with Crippen LogP contribution in [0.15, 0.2) is 30.5 Å². The van der Waals surface area contributed by atoms with Crippen molar-refractivity contribution in [1.29, 1.82) is 0 Å². The molecule has 2 aromatic rings. The van der Waals surface area contributed by atoms with Crippen molar-refractivity contribution in [2.45, 2.75) is 6.18 Å². The lowest BCUT2D eigenvalue weighted by atomic mass is 10.0. The second-order valence-corrected chi connectivity index (χ2v) is 4.48. The second-order valence-electron chi connectivity index (χ2n) is 4.05. The maximum Gasteiger partial charge on any atom is 0.417 e. The number of halogens is 5. The first-order chi connectivity index (χ1) is 9.70. The predicted molar refractivity (Wildman–Crippen MR) is 66.6 cm³/mol. The average Bonchev–Trinajstić information content (AvgIpc) is 2.37. The van der Waals surface area contributed by atoms with Gasteiger partial charge in [-0.25, -0.2) is 9.18 Å². The molecule has 0 saturated carbocycles. The Morgan fingerprint density at radius 1 is 1.24 bits per heavy atom. The van der Waals surface area contributed by atoms with Gasteiger partial charge in [0.2, 0.25) is 0 Å². The minimum Gasteiger partial charge on any atom is -0.478 e. The molecule has 110 valence electrons. The number of hydrogen-bond donors (Lipinski definition) is 1. The fourth-order valence-corrected chi connectivity index (χ4v) is 1.84. The monoisotopic (exact) mass is 319 g/mol. The van der Waals surface area contributed by atoms with E-state index in [9.17, 15) is 22.4 Å². The van der Waals surface area contributed by atoms with E-state index < -0.39 is 34.8 Å². The topological polar surface area (TPSA) is 50.2 Å². The Labute approximate surface area is 120 Å². The van der Waals surface area contributed by atoms with Crippen molar-refractivity contribution in [3.8, 4) is 11.3 Å². The first kappa shape index (κ1) is 15.2. The summed E-state index contributed by atoms with van der Waals surface area (Å²) in [7, 11) is 0. The number of pyridine rings is 1. The summed E-state index contributed by atoms with van der Waals surface area (Å²) in [5.41, 5.74) is -2.61. The zero-order chi connectivity index (χ0) is 15.8. The average molecular weight is 320 g/mol. The summed E-state index contributed by atoms with van der Waals surface area (Å²) in [4.78, 5) is 14.5. The normalized spacial score (nSPS) is 11.5. The lowest BCUT2D eigenvalue weighted by Gasteiger charge is -2.11. The Kier molecular flexibility index (Phi) is 3.87. The standard InChI is InChI=1S/C13H6ClF4NO2/c14-7-1-2-8(10(15)4-7)11-9(12(20)21)3-6(5-19-11)13(16,17)18/h1-5H,(H,20,21). The van der Waals surface area contributed by atoms with Crippen LogP contribution in [-0.4, -0.2) is 16.1 Å². The summed E-state index contributed by atoms with van der Waals surface area (Å²) < 4.78 is 51.5. The van der Waals surface area contributed by atoms with Gasteiger partial charge < -0.3 is 5.11 Å². The Bertz CT molecular complexity index is 716. The van der Waals surface area contributed by atoms with Gasteiger partial charge in [0.25, 0.3) is 0 Å². The highest BCUT2D eigenvalue weighted by molar-refractivity contribution is 6.30. The number of hydrogen-bond acceptors (Lipinski definition) is 2. The highest BCUT2D eigenvalue weighted by atomic mass is 35.5. The molecule has 0 aliphatic heterocycles. The number of nitrogens with zero attached hydrogens (tertiary/aromatic N) is 1. The second kappa shape index (κ2) is 5.33. The van der Waals surface area contributed by atoms with Gasteiger partial charge in [-0.15, -0.1) is 0 Å². The van der Waals surface area contributed by atoms with Gasteiger partial charge >= 0.3 is 12.1 Å². The molecule has 0 saturated heterocycles. The van der Waals surface area contributed by atoms with Crippen LogP contribution >= 0.6 is 11.6 Å². The summed E-state index contributed by atoms with van der Waals surface area (Å²) >= 11 is 5.57. The quantitative estimate of drug-likeness (QED) is 0.841. The van der Waals surface area contributed by atoms with Gasteiger partial charge in [-0.1, -0.05) is 11.6 Å². The van der Waals surface area contributed by atoms with E-state index >= 15 is 0 Å². The van der Waals surface area contributed by atoms with Crippen molar-refractivity contribution < 1.29 is 27.5 Å². The van der Waals surface area contributed by atoms with Crippen LogP contribution in [-0.2, 0) is 6.18 Å². The van der Waals surface area contributed by atoms with E-state index in [0.717, 1.165) is 12.1 Å². The van der Waals surface area contributed by atoms with E-state index in [-0.39, 0.29) is 10.6 Å². The SMILES string of the molecule is O=C(O)c1cc(C(F)(F)F)cnc1-c1ccc(Cl)cc1F. The molecule has 8 heteroatoms. The van der Waals surface area contributed by atoms with Crippen LogP contribution in [0, 0.1) is 5.82 Å². The zero-order valence-electron chi connectivity index (χ0n) is 10.1. The fraction of sp³-hybridized carbons (Fsp3) is 0.0769. The van der Waals surface area contributed by atoms with Crippen LogP contribution in [0.4, 0.5) is 17.6 Å². The van der Waals surface area contributed by atoms with Crippen molar-refractivity contribution in [3.63, 3.8) is 0 Å². The van der Waals surface area contributed by atoms with Crippen LogP contribution in [0.2, 0.25) is 5.02 Å². The molecule has 1 N–H and O–H groups in total. The lowest BCUT2D eigenvalue weighted by molar-refractivity contribution is -0.137. The fourth-order valence-electron chi connectivity index (χ4n) is 1.68. The Balaban J connectivity index is 2.66. The van der Waals surface area contributed by atoms with Crippen LogP contribution in [0.5, 0.6) is 0 Å². The summed E-state index contributed by atoms with van der Waals surface area (Å²) in [5, 5.41) is 9.08. The molecule has 0 bridgehead atoms. The summed E-state index contributed by atoms with van der Waals surface area (Å²) in [6.45, 7) is 0. The first-order valence-electron chi connectivity index (χ1n) is 5.46. The molecule has 1 heterocycles. The van der Waals surface area contributed by atoms with Crippen LogP contribution in [0.25, 0.3) is 11.3 Å². The molecule has 0 amide bonds. The number of aromatic carboxylic acids is 1. The summed E-state index contributed by atoms with van der Waals surface area (Å²) in [6.07, 6.45) is -4.29. The number of alkyl halides is 3. The number of aromatic nitrogens is 1. The number of carboxylic acids is 1. The summed E-state index contributed by atoms with van der Waals surface area (Å²) in [6, 6.07) is 3.77. The molecule has 0 unspecified atom stereocenters. The van der Waals surface area contributed by atoms with Crippen molar-refractivity contribution in [3.05, 3.63) is 52.4 Å². The highest BCUT2D eigenvalue weighted by Gasteiger charge is 2.33. The third-order valence-corrected chi connectivity index (χ3v) is 2.87. The van der Waals surface area contributed by atoms with Crippen molar-refractivity contribution in [2.75, 3.05) is 0 Å². The van der Waals surface area contributed by atoms with E-state index in [1.54, 1.807) is 0 Å². The van der Waals surface area contributed by atoms with Crippen LogP contribution in [0.1, 0.15) is 15.9 Å². The minimum atomic E-state index is -4.74. The molecule has 0 spiro atoms. The van der Waals surface area contributed by atoms with E-state index in [1.165, 1.54) is 6.07 Å². The highest BCUT2D eigenvalue weighted by Crippen LogP contribution is 2.33. The van der Waals surface area contributed by atoms with Crippen molar-refractivity contribution in [1.82, 2.24) is 4.98 Å². The minimum absolute atomic E-state index is 0.0695. The van der Waals surface area contributed by atoms with Gasteiger partial charge in [-0.3, -0.25) is 4.98 Å². The van der Waals surface area contributed by atoms with E-state index in [1.807, 2.05) is 0 Å².